The lowest BCUT2D eigenvalue weighted by Crippen LogP contribution is -2.27. The molecule has 0 unspecified atom stereocenters. The number of unbranched alkanes of at least 4 members (excludes halogenated alkanes) is 3. The molecule has 0 spiro atoms. The molecule has 0 aromatic carbocycles. The van der Waals surface area contributed by atoms with Gasteiger partial charge in [0, 0.05) is 6.57 Å². The van der Waals surface area contributed by atoms with Crippen LogP contribution in [0.3, 0.4) is 0 Å². The van der Waals surface area contributed by atoms with Crippen molar-refractivity contribution in [1.82, 2.24) is 4.90 Å². The number of hydrogen-bond donors (Lipinski definition) is 0. The van der Waals surface area contributed by atoms with Crippen LogP contribution in [0.2, 0.25) is 0 Å². The van der Waals surface area contributed by atoms with Crippen molar-refractivity contribution in [3.63, 3.8) is 0 Å². The molecule has 0 aromatic rings. The zero-order valence-corrected chi connectivity index (χ0v) is 10.8. The summed E-state index contributed by atoms with van der Waals surface area (Å²) < 4.78 is 0. The Hall–Kier alpha value is -0.550. The Bertz CT molecular complexity index is 102. The molecule has 0 bridgehead atoms. The van der Waals surface area contributed by atoms with E-state index in [0.29, 0.717) is 0 Å². The fourth-order valence-corrected chi connectivity index (χ4v) is 1.48. The van der Waals surface area contributed by atoms with Crippen molar-refractivity contribution in [2.45, 2.75) is 59.3 Å². The molecule has 0 heterocycles. The molecular weight excluding hydrogens is 184 g/mol. The van der Waals surface area contributed by atoms with Crippen LogP contribution in [0.1, 0.15) is 59.3 Å². The highest BCUT2D eigenvalue weighted by molar-refractivity contribution is 4.57. The van der Waals surface area contributed by atoms with Crippen molar-refractivity contribution in [1.29, 1.82) is 5.26 Å². The minimum Gasteiger partial charge on any atom is -0.303 e. The van der Waals surface area contributed by atoms with Crippen molar-refractivity contribution in [3.05, 3.63) is 0 Å². The molecule has 2 heteroatoms. The van der Waals surface area contributed by atoms with E-state index >= 15 is 0 Å². The second kappa shape index (κ2) is 15.9. The molecule has 15 heavy (non-hydrogen) atoms. The summed E-state index contributed by atoms with van der Waals surface area (Å²) in [5.74, 6) is 0. The number of nitrogens with zero attached hydrogens (tertiary/aromatic N) is 2. The van der Waals surface area contributed by atoms with Gasteiger partial charge in [-0.2, -0.15) is 0 Å². The first-order chi connectivity index (χ1) is 7.35. The van der Waals surface area contributed by atoms with Crippen LogP contribution in [-0.4, -0.2) is 24.5 Å². The molecule has 0 fully saturated rings. The molecule has 0 atom stereocenters. The molecule has 0 aromatic heterocycles. The fourth-order valence-electron chi connectivity index (χ4n) is 1.48. The molecule has 0 aliphatic carbocycles. The zero-order chi connectivity index (χ0) is 11.9. The van der Waals surface area contributed by atoms with Gasteiger partial charge in [-0.1, -0.05) is 40.0 Å². The third kappa shape index (κ3) is 13.4. The Balaban J connectivity index is 0. The van der Waals surface area contributed by atoms with E-state index in [-0.39, 0.29) is 0 Å². The second-order valence-electron chi connectivity index (χ2n) is 3.90. The first-order valence-corrected chi connectivity index (χ1v) is 6.33. The average molecular weight is 212 g/mol. The minimum absolute atomic E-state index is 1.32. The van der Waals surface area contributed by atoms with Crippen LogP contribution in [0.4, 0.5) is 0 Å². The van der Waals surface area contributed by atoms with Gasteiger partial charge in [-0.05, 0) is 38.9 Å². The highest BCUT2D eigenvalue weighted by Gasteiger charge is 2.01. The fraction of sp³-hybridized carbons (Fsp3) is 0.923. The van der Waals surface area contributed by atoms with Gasteiger partial charge in [0.25, 0.3) is 0 Å². The van der Waals surface area contributed by atoms with Crippen LogP contribution in [0.25, 0.3) is 0 Å². The van der Waals surface area contributed by atoms with Gasteiger partial charge < -0.3 is 4.90 Å². The monoisotopic (exact) mass is 212 g/mol. The molecule has 0 aliphatic rings. The maximum absolute atomic E-state index is 6.50. The van der Waals surface area contributed by atoms with Crippen molar-refractivity contribution >= 4 is 0 Å². The van der Waals surface area contributed by atoms with Gasteiger partial charge in [0.1, 0.15) is 0 Å². The van der Waals surface area contributed by atoms with E-state index in [1.54, 1.807) is 0 Å². The van der Waals surface area contributed by atoms with E-state index in [1.165, 1.54) is 58.2 Å². The van der Waals surface area contributed by atoms with Crippen LogP contribution in [0, 0.1) is 11.8 Å². The Morgan fingerprint density at radius 1 is 0.733 bits per heavy atom. The van der Waals surface area contributed by atoms with Gasteiger partial charge in [-0.25, -0.2) is 5.26 Å². The Morgan fingerprint density at radius 3 is 1.20 bits per heavy atom. The third-order valence-electron chi connectivity index (χ3n) is 2.48. The largest absolute Gasteiger partial charge is 0.303 e. The van der Waals surface area contributed by atoms with Gasteiger partial charge in [-0.3, -0.25) is 0 Å². The van der Waals surface area contributed by atoms with Crippen LogP contribution < -0.4 is 0 Å². The molecule has 2 nitrogen and oxygen atoms in total. The molecule has 0 rings (SSSR count). The van der Waals surface area contributed by atoms with Gasteiger partial charge in [0.05, 0.1) is 0 Å². The molecule has 0 radical (unpaired) electrons. The maximum Gasteiger partial charge on any atom is 0.0462 e. The quantitative estimate of drug-likeness (QED) is 0.581. The van der Waals surface area contributed by atoms with E-state index in [2.05, 4.69) is 32.2 Å². The Kier molecular flexibility index (Phi) is 17.9. The average Bonchev–Trinajstić information content (AvgIpc) is 2.31. The molecule has 0 amide bonds. The van der Waals surface area contributed by atoms with E-state index in [9.17, 15) is 0 Å². The van der Waals surface area contributed by atoms with Crippen molar-refractivity contribution in [3.8, 4) is 6.57 Å². The third-order valence-corrected chi connectivity index (χ3v) is 2.48. The predicted octanol–water partition coefficient (Wildman–Crippen LogP) is 3.83. The molecule has 0 saturated carbocycles. The standard InChI is InChI=1S/C12H27N.CHN/c1-4-7-10-13(11-8-5-2)12-9-6-3;1-2/h4-12H2,1-3H3;1H. The molecular formula is C13H28N2. The van der Waals surface area contributed by atoms with E-state index in [4.69, 9.17) is 5.26 Å². The van der Waals surface area contributed by atoms with Crippen LogP contribution in [0.15, 0.2) is 0 Å². The summed E-state index contributed by atoms with van der Waals surface area (Å²) >= 11 is 0. The number of rotatable bonds is 9. The Labute approximate surface area is 96.3 Å². The van der Waals surface area contributed by atoms with Crippen molar-refractivity contribution in [2.24, 2.45) is 0 Å². The summed E-state index contributed by atoms with van der Waals surface area (Å²) in [6, 6.07) is 0. The summed E-state index contributed by atoms with van der Waals surface area (Å²) in [7, 11) is 0. The van der Waals surface area contributed by atoms with E-state index in [1.807, 2.05) is 0 Å². The number of nitriles is 1. The first kappa shape index (κ1) is 16.9. The van der Waals surface area contributed by atoms with Gasteiger partial charge in [0.15, 0.2) is 0 Å². The lowest BCUT2D eigenvalue weighted by atomic mass is 10.2. The summed E-state index contributed by atoms with van der Waals surface area (Å²) in [6.45, 7) is 14.3. The van der Waals surface area contributed by atoms with Crippen LogP contribution in [-0.2, 0) is 0 Å². The number of hydrogen-bond acceptors (Lipinski definition) is 2. The lowest BCUT2D eigenvalue weighted by Gasteiger charge is -2.21. The van der Waals surface area contributed by atoms with Gasteiger partial charge in [0.2, 0.25) is 0 Å². The minimum atomic E-state index is 1.32. The molecule has 90 valence electrons. The topological polar surface area (TPSA) is 27.0 Å². The zero-order valence-electron chi connectivity index (χ0n) is 10.8. The highest BCUT2D eigenvalue weighted by atomic mass is 15.1. The predicted molar refractivity (Wildman–Crippen MR) is 67.8 cm³/mol. The van der Waals surface area contributed by atoms with E-state index < -0.39 is 0 Å². The smallest absolute Gasteiger partial charge is 0.0462 e. The lowest BCUT2D eigenvalue weighted by molar-refractivity contribution is 0.261. The molecule has 0 aliphatic heterocycles. The summed E-state index contributed by atoms with van der Waals surface area (Å²) in [5, 5.41) is 6.50. The maximum atomic E-state index is 6.50. The second-order valence-corrected chi connectivity index (χ2v) is 3.90. The molecule has 0 saturated heterocycles. The first-order valence-electron chi connectivity index (χ1n) is 6.33. The van der Waals surface area contributed by atoms with Gasteiger partial charge in [-0.15, -0.1) is 0 Å². The van der Waals surface area contributed by atoms with E-state index in [0.717, 1.165) is 0 Å². The van der Waals surface area contributed by atoms with Crippen LogP contribution in [0.5, 0.6) is 0 Å². The van der Waals surface area contributed by atoms with Crippen molar-refractivity contribution < 1.29 is 0 Å². The van der Waals surface area contributed by atoms with Crippen LogP contribution >= 0.6 is 0 Å². The van der Waals surface area contributed by atoms with Gasteiger partial charge >= 0.3 is 0 Å². The molecule has 0 N–H and O–H groups in total. The SMILES string of the molecule is C#N.CCCCN(CCCC)CCCC. The summed E-state index contributed by atoms with van der Waals surface area (Å²) in [4.78, 5) is 2.64. The Morgan fingerprint density at radius 2 is 1.00 bits per heavy atom. The van der Waals surface area contributed by atoms with Crippen molar-refractivity contribution in [2.75, 3.05) is 19.6 Å². The highest BCUT2D eigenvalue weighted by Crippen LogP contribution is 2.01. The summed E-state index contributed by atoms with van der Waals surface area (Å²) in [5.41, 5.74) is 0. The summed E-state index contributed by atoms with van der Waals surface area (Å²) in [6.07, 6.45) is 8.09. The normalized spacial score (nSPS) is 9.73.